The molecule has 0 aliphatic heterocycles. The summed E-state index contributed by atoms with van der Waals surface area (Å²) < 4.78 is 5.94. The SMILES string of the molecule is CCc1nc(N)c(C)c(Oc2cccc(C(C)(C)C)c2)n1. The summed E-state index contributed by atoms with van der Waals surface area (Å²) in [7, 11) is 0. The van der Waals surface area contributed by atoms with Crippen LogP contribution in [0.3, 0.4) is 0 Å². The molecule has 1 heterocycles. The number of ether oxygens (including phenoxy) is 1. The fraction of sp³-hybridized carbons (Fsp3) is 0.412. The largest absolute Gasteiger partial charge is 0.439 e. The molecule has 0 fully saturated rings. The van der Waals surface area contributed by atoms with Gasteiger partial charge in [-0.1, -0.05) is 39.8 Å². The van der Waals surface area contributed by atoms with Crippen molar-refractivity contribution in [2.24, 2.45) is 0 Å². The molecule has 0 spiro atoms. The molecule has 112 valence electrons. The number of benzene rings is 1. The highest BCUT2D eigenvalue weighted by Gasteiger charge is 2.15. The second-order valence-corrected chi connectivity index (χ2v) is 6.19. The predicted octanol–water partition coefficient (Wildman–Crippen LogP) is 4.02. The number of rotatable bonds is 3. The van der Waals surface area contributed by atoms with Gasteiger partial charge in [0.2, 0.25) is 5.88 Å². The number of nitrogen functional groups attached to an aromatic ring is 1. The van der Waals surface area contributed by atoms with Gasteiger partial charge in [0.1, 0.15) is 17.4 Å². The Hall–Kier alpha value is -2.10. The van der Waals surface area contributed by atoms with Gasteiger partial charge in [-0.15, -0.1) is 0 Å². The molecule has 2 aromatic rings. The van der Waals surface area contributed by atoms with E-state index in [0.717, 1.165) is 17.7 Å². The Bertz CT molecular complexity index is 645. The summed E-state index contributed by atoms with van der Waals surface area (Å²) >= 11 is 0. The number of nitrogens with two attached hydrogens (primary N) is 1. The first-order valence-electron chi connectivity index (χ1n) is 7.22. The minimum Gasteiger partial charge on any atom is -0.439 e. The molecular weight excluding hydrogens is 262 g/mol. The van der Waals surface area contributed by atoms with Gasteiger partial charge < -0.3 is 10.5 Å². The van der Waals surface area contributed by atoms with Crippen molar-refractivity contribution in [2.45, 2.75) is 46.5 Å². The molecule has 21 heavy (non-hydrogen) atoms. The zero-order chi connectivity index (χ0) is 15.6. The maximum atomic E-state index is 5.94. The molecule has 0 bridgehead atoms. The van der Waals surface area contributed by atoms with Crippen LogP contribution in [0.4, 0.5) is 5.82 Å². The molecule has 4 heteroatoms. The Balaban J connectivity index is 2.36. The molecule has 0 saturated carbocycles. The molecule has 2 rings (SSSR count). The van der Waals surface area contributed by atoms with Gasteiger partial charge in [-0.25, -0.2) is 4.98 Å². The summed E-state index contributed by atoms with van der Waals surface area (Å²) in [5, 5.41) is 0. The van der Waals surface area contributed by atoms with Crippen molar-refractivity contribution in [3.8, 4) is 11.6 Å². The molecule has 0 atom stereocenters. The second kappa shape index (κ2) is 5.72. The number of nitrogens with zero attached hydrogens (tertiary/aromatic N) is 2. The van der Waals surface area contributed by atoms with Crippen molar-refractivity contribution >= 4 is 5.82 Å². The van der Waals surface area contributed by atoms with Crippen LogP contribution < -0.4 is 10.5 Å². The molecule has 0 radical (unpaired) electrons. The number of hydrogen-bond acceptors (Lipinski definition) is 4. The van der Waals surface area contributed by atoms with Gasteiger partial charge in [0.25, 0.3) is 0 Å². The monoisotopic (exact) mass is 285 g/mol. The van der Waals surface area contributed by atoms with Crippen molar-refractivity contribution in [2.75, 3.05) is 5.73 Å². The molecule has 0 unspecified atom stereocenters. The average molecular weight is 285 g/mol. The normalized spacial score (nSPS) is 11.5. The van der Waals surface area contributed by atoms with Crippen molar-refractivity contribution in [1.82, 2.24) is 9.97 Å². The van der Waals surface area contributed by atoms with Crippen molar-refractivity contribution in [1.29, 1.82) is 0 Å². The third-order valence-corrected chi connectivity index (χ3v) is 3.42. The first-order chi connectivity index (χ1) is 9.81. The van der Waals surface area contributed by atoms with E-state index in [1.165, 1.54) is 5.56 Å². The van der Waals surface area contributed by atoms with Gasteiger partial charge in [0.05, 0.1) is 5.56 Å². The summed E-state index contributed by atoms with van der Waals surface area (Å²) in [6.45, 7) is 10.4. The Morgan fingerprint density at radius 2 is 1.90 bits per heavy atom. The summed E-state index contributed by atoms with van der Waals surface area (Å²) in [6, 6.07) is 8.07. The highest BCUT2D eigenvalue weighted by Crippen LogP contribution is 2.30. The Labute approximate surface area is 126 Å². The van der Waals surface area contributed by atoms with Crippen LogP contribution in [0, 0.1) is 6.92 Å². The molecule has 0 aliphatic rings. The Kier molecular flexibility index (Phi) is 4.16. The van der Waals surface area contributed by atoms with E-state index in [4.69, 9.17) is 10.5 Å². The number of aromatic nitrogens is 2. The lowest BCUT2D eigenvalue weighted by molar-refractivity contribution is 0.452. The van der Waals surface area contributed by atoms with E-state index in [1.54, 1.807) is 0 Å². The molecule has 0 saturated heterocycles. The zero-order valence-electron chi connectivity index (χ0n) is 13.4. The van der Waals surface area contributed by atoms with Crippen LogP contribution in [-0.2, 0) is 11.8 Å². The van der Waals surface area contributed by atoms with E-state index in [0.29, 0.717) is 17.5 Å². The molecule has 1 aromatic carbocycles. The Morgan fingerprint density at radius 1 is 1.19 bits per heavy atom. The highest BCUT2D eigenvalue weighted by molar-refractivity contribution is 5.46. The topological polar surface area (TPSA) is 61.0 Å². The number of anilines is 1. The minimum atomic E-state index is 0.0771. The van der Waals surface area contributed by atoms with Crippen LogP contribution in [0.15, 0.2) is 24.3 Å². The quantitative estimate of drug-likeness (QED) is 0.925. The van der Waals surface area contributed by atoms with E-state index in [9.17, 15) is 0 Å². The maximum absolute atomic E-state index is 5.94. The molecule has 1 aromatic heterocycles. The van der Waals surface area contributed by atoms with E-state index in [1.807, 2.05) is 32.0 Å². The molecule has 0 amide bonds. The summed E-state index contributed by atoms with van der Waals surface area (Å²) in [4.78, 5) is 8.66. The Morgan fingerprint density at radius 3 is 2.52 bits per heavy atom. The van der Waals surface area contributed by atoms with E-state index in [2.05, 4.69) is 36.8 Å². The van der Waals surface area contributed by atoms with Crippen molar-refractivity contribution < 1.29 is 4.74 Å². The lowest BCUT2D eigenvalue weighted by Gasteiger charge is -2.20. The minimum absolute atomic E-state index is 0.0771. The maximum Gasteiger partial charge on any atom is 0.227 e. The van der Waals surface area contributed by atoms with Crippen LogP contribution in [0.2, 0.25) is 0 Å². The number of aryl methyl sites for hydroxylation is 1. The summed E-state index contributed by atoms with van der Waals surface area (Å²) in [5.41, 5.74) is 7.99. The zero-order valence-corrected chi connectivity index (χ0v) is 13.4. The van der Waals surface area contributed by atoms with Crippen molar-refractivity contribution in [3.05, 3.63) is 41.2 Å². The van der Waals surface area contributed by atoms with Gasteiger partial charge in [0.15, 0.2) is 0 Å². The van der Waals surface area contributed by atoms with Crippen molar-refractivity contribution in [3.63, 3.8) is 0 Å². The van der Waals surface area contributed by atoms with Crippen LogP contribution in [0.25, 0.3) is 0 Å². The van der Waals surface area contributed by atoms with Crippen LogP contribution in [0.1, 0.15) is 44.6 Å². The smallest absolute Gasteiger partial charge is 0.227 e. The predicted molar refractivity (Wildman–Crippen MR) is 85.8 cm³/mol. The molecule has 4 nitrogen and oxygen atoms in total. The number of hydrogen-bond donors (Lipinski definition) is 1. The van der Waals surface area contributed by atoms with Gasteiger partial charge in [-0.2, -0.15) is 4.98 Å². The molecular formula is C17H23N3O. The third kappa shape index (κ3) is 3.51. The summed E-state index contributed by atoms with van der Waals surface area (Å²) in [5.74, 6) is 2.47. The fourth-order valence-corrected chi connectivity index (χ4v) is 1.95. The van der Waals surface area contributed by atoms with Gasteiger partial charge in [-0.3, -0.25) is 0 Å². The lowest BCUT2D eigenvalue weighted by Crippen LogP contribution is -2.11. The van der Waals surface area contributed by atoms with Gasteiger partial charge in [-0.05, 0) is 30.0 Å². The standard InChI is InChI=1S/C17H23N3O/c1-6-14-19-15(18)11(2)16(20-14)21-13-9-7-8-12(10-13)17(3,4)5/h7-10H,6H2,1-5H3,(H2,18,19,20). The van der Waals surface area contributed by atoms with Crippen LogP contribution >= 0.6 is 0 Å². The van der Waals surface area contributed by atoms with Gasteiger partial charge >= 0.3 is 0 Å². The average Bonchev–Trinajstić information content (AvgIpc) is 2.43. The highest BCUT2D eigenvalue weighted by atomic mass is 16.5. The van der Waals surface area contributed by atoms with Gasteiger partial charge in [0, 0.05) is 6.42 Å². The van der Waals surface area contributed by atoms with E-state index >= 15 is 0 Å². The third-order valence-electron chi connectivity index (χ3n) is 3.42. The van der Waals surface area contributed by atoms with Crippen LogP contribution in [0.5, 0.6) is 11.6 Å². The fourth-order valence-electron chi connectivity index (χ4n) is 1.95. The first-order valence-corrected chi connectivity index (χ1v) is 7.22. The first kappa shape index (κ1) is 15.3. The van der Waals surface area contributed by atoms with E-state index < -0.39 is 0 Å². The molecule has 2 N–H and O–H groups in total. The summed E-state index contributed by atoms with van der Waals surface area (Å²) in [6.07, 6.45) is 0.725. The van der Waals surface area contributed by atoms with E-state index in [-0.39, 0.29) is 5.41 Å². The molecule has 0 aliphatic carbocycles. The lowest BCUT2D eigenvalue weighted by atomic mass is 9.87. The second-order valence-electron chi connectivity index (χ2n) is 6.19. The van der Waals surface area contributed by atoms with Crippen LogP contribution in [-0.4, -0.2) is 9.97 Å².